The summed E-state index contributed by atoms with van der Waals surface area (Å²) in [4.78, 5) is 24.0. The molecule has 0 bridgehead atoms. The van der Waals surface area contributed by atoms with E-state index in [9.17, 15) is 4.79 Å². The van der Waals surface area contributed by atoms with Gasteiger partial charge in [0.1, 0.15) is 5.52 Å². The zero-order valence-electron chi connectivity index (χ0n) is 13.6. The number of halogens is 1. The number of benzene rings is 1. The molecule has 0 aliphatic carbocycles. The number of aromatic nitrogens is 4. The first-order valence-corrected chi connectivity index (χ1v) is 9.13. The molecule has 1 aliphatic rings. The summed E-state index contributed by atoms with van der Waals surface area (Å²) in [5.41, 5.74) is 2.10. The van der Waals surface area contributed by atoms with E-state index in [1.54, 1.807) is 10.8 Å². The molecule has 3 heterocycles. The highest BCUT2D eigenvalue weighted by molar-refractivity contribution is 9.10. The molecule has 4 rings (SSSR count). The third kappa shape index (κ3) is 3.45. The Labute approximate surface area is 153 Å². The first-order valence-electron chi connectivity index (χ1n) is 8.34. The van der Waals surface area contributed by atoms with Gasteiger partial charge in [0.2, 0.25) is 5.95 Å². The summed E-state index contributed by atoms with van der Waals surface area (Å²) in [6.45, 7) is 3.36. The molecule has 8 heteroatoms. The van der Waals surface area contributed by atoms with Crippen LogP contribution in [0.15, 0.2) is 39.7 Å². The summed E-state index contributed by atoms with van der Waals surface area (Å²) in [6, 6.07) is 7.86. The van der Waals surface area contributed by atoms with Crippen LogP contribution < -0.4 is 16.3 Å². The topological polar surface area (TPSA) is 87.6 Å². The zero-order valence-corrected chi connectivity index (χ0v) is 15.2. The lowest BCUT2D eigenvalue weighted by molar-refractivity contribution is 0.613. The van der Waals surface area contributed by atoms with Crippen molar-refractivity contribution in [3.8, 4) is 0 Å². The highest BCUT2D eigenvalue weighted by Gasteiger charge is 2.15. The van der Waals surface area contributed by atoms with E-state index < -0.39 is 0 Å². The molecule has 0 amide bonds. The predicted molar refractivity (Wildman–Crippen MR) is 101 cm³/mol. The Bertz CT molecular complexity index is 944. The van der Waals surface area contributed by atoms with E-state index in [4.69, 9.17) is 0 Å². The minimum Gasteiger partial charge on any atom is -0.354 e. The smallest absolute Gasteiger partial charge is 0.328 e. The zero-order chi connectivity index (χ0) is 17.2. The van der Waals surface area contributed by atoms with Crippen LogP contribution in [0.5, 0.6) is 0 Å². The Kier molecular flexibility index (Phi) is 4.54. The van der Waals surface area contributed by atoms with Crippen molar-refractivity contribution < 1.29 is 0 Å². The quantitative estimate of drug-likeness (QED) is 0.606. The molecule has 1 saturated heterocycles. The predicted octanol–water partition coefficient (Wildman–Crippen LogP) is 1.95. The Morgan fingerprint density at radius 2 is 2.24 bits per heavy atom. The summed E-state index contributed by atoms with van der Waals surface area (Å²) in [5.74, 6) is 1.15. The number of rotatable bonds is 5. The molecule has 1 atom stereocenters. The van der Waals surface area contributed by atoms with Crippen LogP contribution >= 0.6 is 15.9 Å². The first kappa shape index (κ1) is 16.3. The maximum atomic E-state index is 12.3. The van der Waals surface area contributed by atoms with Crippen LogP contribution in [0.1, 0.15) is 12.0 Å². The fraction of sp³-hybridized carbons (Fsp3) is 0.353. The van der Waals surface area contributed by atoms with Crippen LogP contribution in [0.4, 0.5) is 5.95 Å². The van der Waals surface area contributed by atoms with E-state index >= 15 is 0 Å². The van der Waals surface area contributed by atoms with E-state index in [0.29, 0.717) is 29.6 Å². The number of imidazole rings is 1. The minimum absolute atomic E-state index is 0.183. The van der Waals surface area contributed by atoms with Crippen LogP contribution in [0.25, 0.3) is 11.2 Å². The molecule has 0 unspecified atom stereocenters. The summed E-state index contributed by atoms with van der Waals surface area (Å²) < 4.78 is 2.61. The molecule has 1 aromatic carbocycles. The molecule has 25 heavy (non-hydrogen) atoms. The standard InChI is InChI=1S/C17H19BrN6O/c18-13-4-2-1-3-12(13)10-24-15-14(22-17(24)25)9-21-16(23-15)20-8-11-5-6-19-7-11/h1-4,9,11,19H,5-8,10H2,(H,22,25)(H,20,21,23)/t11-/m1/s1. The van der Waals surface area contributed by atoms with E-state index in [1.165, 1.54) is 0 Å². The van der Waals surface area contributed by atoms with Crippen LogP contribution in [-0.4, -0.2) is 39.2 Å². The van der Waals surface area contributed by atoms with Gasteiger partial charge < -0.3 is 15.6 Å². The van der Waals surface area contributed by atoms with Gasteiger partial charge in [-0.1, -0.05) is 34.1 Å². The fourth-order valence-electron chi connectivity index (χ4n) is 3.10. The molecule has 130 valence electrons. The second kappa shape index (κ2) is 6.97. The van der Waals surface area contributed by atoms with Crippen molar-refractivity contribution in [1.29, 1.82) is 0 Å². The molecule has 3 aromatic rings. The number of nitrogens with zero attached hydrogens (tertiary/aromatic N) is 3. The van der Waals surface area contributed by atoms with E-state index in [2.05, 4.69) is 41.5 Å². The second-order valence-electron chi connectivity index (χ2n) is 6.28. The van der Waals surface area contributed by atoms with Crippen LogP contribution in [0.2, 0.25) is 0 Å². The molecule has 3 N–H and O–H groups in total. The van der Waals surface area contributed by atoms with Gasteiger partial charge in [-0.2, -0.15) is 4.98 Å². The van der Waals surface area contributed by atoms with Crippen molar-refractivity contribution in [2.24, 2.45) is 5.92 Å². The van der Waals surface area contributed by atoms with Crippen molar-refractivity contribution >= 4 is 33.0 Å². The van der Waals surface area contributed by atoms with Crippen molar-refractivity contribution in [3.63, 3.8) is 0 Å². The number of aromatic amines is 1. The summed E-state index contributed by atoms with van der Waals surface area (Å²) in [5, 5.41) is 6.64. The van der Waals surface area contributed by atoms with Crippen molar-refractivity contribution in [3.05, 3.63) is 51.0 Å². The number of nitrogens with one attached hydrogen (secondary N) is 3. The number of fused-ring (bicyclic) bond motifs is 1. The average molecular weight is 403 g/mol. The molecule has 0 radical (unpaired) electrons. The van der Waals surface area contributed by atoms with Crippen molar-refractivity contribution in [2.75, 3.05) is 25.0 Å². The van der Waals surface area contributed by atoms with E-state index in [1.807, 2.05) is 24.3 Å². The Morgan fingerprint density at radius 3 is 3.04 bits per heavy atom. The molecule has 2 aromatic heterocycles. The summed E-state index contributed by atoms with van der Waals surface area (Å²) in [6.07, 6.45) is 2.82. The van der Waals surface area contributed by atoms with Crippen molar-refractivity contribution in [2.45, 2.75) is 13.0 Å². The lowest BCUT2D eigenvalue weighted by atomic mass is 10.1. The third-order valence-electron chi connectivity index (χ3n) is 4.51. The van der Waals surface area contributed by atoms with E-state index in [0.717, 1.165) is 36.1 Å². The Balaban J connectivity index is 1.62. The van der Waals surface area contributed by atoms with E-state index in [-0.39, 0.29) is 5.69 Å². The number of hydrogen-bond donors (Lipinski definition) is 3. The number of anilines is 1. The Hall–Kier alpha value is -2.19. The van der Waals surface area contributed by atoms with Gasteiger partial charge in [0.15, 0.2) is 5.65 Å². The molecule has 1 fully saturated rings. The molecule has 0 saturated carbocycles. The minimum atomic E-state index is -0.183. The summed E-state index contributed by atoms with van der Waals surface area (Å²) >= 11 is 3.53. The maximum Gasteiger partial charge on any atom is 0.328 e. The molecule has 7 nitrogen and oxygen atoms in total. The van der Waals surface area contributed by atoms with Crippen LogP contribution in [0.3, 0.4) is 0 Å². The van der Waals surface area contributed by atoms with Gasteiger partial charge in [-0.25, -0.2) is 9.78 Å². The SMILES string of the molecule is O=c1[nH]c2cnc(NC[C@@H]3CCNC3)nc2n1Cc1ccccc1Br. The van der Waals surface area contributed by atoms with Gasteiger partial charge in [-0.15, -0.1) is 0 Å². The molecular weight excluding hydrogens is 384 g/mol. The van der Waals surface area contributed by atoms with Gasteiger partial charge in [-0.05, 0) is 37.1 Å². The molecule has 1 aliphatic heterocycles. The number of H-pyrrole nitrogens is 1. The lowest BCUT2D eigenvalue weighted by Crippen LogP contribution is -2.19. The molecular formula is C17H19BrN6O. The normalized spacial score (nSPS) is 17.2. The monoisotopic (exact) mass is 402 g/mol. The second-order valence-corrected chi connectivity index (χ2v) is 7.13. The van der Waals surface area contributed by atoms with Crippen LogP contribution in [0, 0.1) is 5.92 Å². The summed E-state index contributed by atoms with van der Waals surface area (Å²) in [7, 11) is 0. The average Bonchev–Trinajstić information content (AvgIpc) is 3.23. The first-order chi connectivity index (χ1) is 12.2. The number of hydrogen-bond acceptors (Lipinski definition) is 5. The largest absolute Gasteiger partial charge is 0.354 e. The van der Waals surface area contributed by atoms with Gasteiger partial charge in [0.25, 0.3) is 0 Å². The highest BCUT2D eigenvalue weighted by atomic mass is 79.9. The lowest BCUT2D eigenvalue weighted by Gasteiger charge is -2.10. The van der Waals surface area contributed by atoms with Crippen molar-refractivity contribution in [1.82, 2.24) is 24.8 Å². The van der Waals surface area contributed by atoms with Crippen LogP contribution in [-0.2, 0) is 6.54 Å². The van der Waals surface area contributed by atoms with Gasteiger partial charge in [-0.3, -0.25) is 4.57 Å². The molecule has 0 spiro atoms. The third-order valence-corrected chi connectivity index (χ3v) is 5.28. The van der Waals surface area contributed by atoms with Gasteiger partial charge in [0.05, 0.1) is 12.7 Å². The maximum absolute atomic E-state index is 12.3. The van der Waals surface area contributed by atoms with Gasteiger partial charge in [0, 0.05) is 11.0 Å². The van der Waals surface area contributed by atoms with Gasteiger partial charge >= 0.3 is 5.69 Å². The Morgan fingerprint density at radius 1 is 1.36 bits per heavy atom. The fourth-order valence-corrected chi connectivity index (χ4v) is 3.51. The highest BCUT2D eigenvalue weighted by Crippen LogP contribution is 2.18.